The zero-order valence-corrected chi connectivity index (χ0v) is 12.6. The lowest BCUT2D eigenvalue weighted by atomic mass is 10.2. The first-order chi connectivity index (χ1) is 9.29. The van der Waals surface area contributed by atoms with Gasteiger partial charge in [-0.3, -0.25) is 4.90 Å². The second kappa shape index (κ2) is 5.44. The van der Waals surface area contributed by atoms with E-state index in [0.29, 0.717) is 4.88 Å². The summed E-state index contributed by atoms with van der Waals surface area (Å²) >= 11 is 1.34. The predicted octanol–water partition coefficient (Wildman–Crippen LogP) is 3.27. The van der Waals surface area contributed by atoms with Crippen LogP contribution in [0.2, 0.25) is 0 Å². The van der Waals surface area contributed by atoms with Gasteiger partial charge in [-0.05, 0) is 45.1 Å². The van der Waals surface area contributed by atoms with Crippen molar-refractivity contribution in [3.8, 4) is 0 Å². The summed E-state index contributed by atoms with van der Waals surface area (Å²) in [5, 5.41) is 11.3. The van der Waals surface area contributed by atoms with Crippen molar-refractivity contribution in [2.45, 2.75) is 51.3 Å². The van der Waals surface area contributed by atoms with Gasteiger partial charge in [0, 0.05) is 10.9 Å². The van der Waals surface area contributed by atoms with Crippen LogP contribution in [-0.4, -0.2) is 33.7 Å². The molecule has 0 radical (unpaired) electrons. The van der Waals surface area contributed by atoms with E-state index in [-0.39, 0.29) is 6.04 Å². The van der Waals surface area contributed by atoms with E-state index in [1.165, 1.54) is 16.2 Å². The van der Waals surface area contributed by atoms with Gasteiger partial charge in [0.1, 0.15) is 5.60 Å². The van der Waals surface area contributed by atoms with Crippen LogP contribution >= 0.6 is 11.3 Å². The number of amides is 1. The molecule has 1 unspecified atom stereocenters. The molecule has 1 heterocycles. The van der Waals surface area contributed by atoms with Gasteiger partial charge >= 0.3 is 12.1 Å². The second-order valence-electron chi connectivity index (χ2n) is 5.87. The molecule has 6 heteroatoms. The van der Waals surface area contributed by atoms with E-state index in [1.54, 1.807) is 32.9 Å². The average molecular weight is 297 g/mol. The number of carboxylic acids is 1. The van der Waals surface area contributed by atoms with Crippen LogP contribution in [0.25, 0.3) is 0 Å². The van der Waals surface area contributed by atoms with Crippen molar-refractivity contribution in [3.63, 3.8) is 0 Å². The molecule has 1 saturated carbocycles. The summed E-state index contributed by atoms with van der Waals surface area (Å²) in [6.45, 7) is 5.32. The number of aliphatic carboxylic acids is 1. The van der Waals surface area contributed by atoms with Gasteiger partial charge < -0.3 is 9.84 Å². The van der Waals surface area contributed by atoms with Gasteiger partial charge in [0.2, 0.25) is 0 Å². The Labute approximate surface area is 122 Å². The number of ether oxygens (including phenoxy) is 1. The fourth-order valence-electron chi connectivity index (χ4n) is 1.96. The molecule has 0 saturated heterocycles. The summed E-state index contributed by atoms with van der Waals surface area (Å²) in [6.07, 6.45) is 1.10. The van der Waals surface area contributed by atoms with Crippen LogP contribution in [0, 0.1) is 0 Å². The first-order valence-electron chi connectivity index (χ1n) is 6.57. The second-order valence-corrected chi connectivity index (χ2v) is 6.85. The molecule has 5 nitrogen and oxygen atoms in total. The third kappa shape index (κ3) is 3.50. The molecule has 1 aliphatic carbocycles. The molecule has 1 aromatic heterocycles. The molecule has 0 bridgehead atoms. The van der Waals surface area contributed by atoms with Crippen molar-refractivity contribution in [3.05, 3.63) is 22.4 Å². The highest BCUT2D eigenvalue weighted by atomic mass is 32.1. The van der Waals surface area contributed by atoms with Crippen molar-refractivity contribution in [1.29, 1.82) is 0 Å². The lowest BCUT2D eigenvalue weighted by Gasteiger charge is -2.31. The molecule has 1 atom stereocenters. The van der Waals surface area contributed by atoms with E-state index in [0.717, 1.165) is 12.8 Å². The smallest absolute Gasteiger partial charge is 0.411 e. The van der Waals surface area contributed by atoms with Crippen LogP contribution in [0.1, 0.15) is 44.5 Å². The van der Waals surface area contributed by atoms with Gasteiger partial charge in [-0.1, -0.05) is 6.07 Å². The summed E-state index contributed by atoms with van der Waals surface area (Å²) in [5.41, 5.74) is -0.636. The molecular formula is C14H19NO4S. The summed E-state index contributed by atoms with van der Waals surface area (Å²) < 4.78 is 5.36. The number of hydrogen-bond donors (Lipinski definition) is 1. The van der Waals surface area contributed by atoms with Gasteiger partial charge in [0.05, 0.1) is 0 Å². The zero-order valence-electron chi connectivity index (χ0n) is 11.8. The standard InChI is InChI=1S/C14H19NO4S/c1-14(2,3)19-13(18)15(9-6-7-9)11(12(16)17)10-5-4-8-20-10/h4-5,8-9,11H,6-7H2,1-3H3,(H,16,17). The molecule has 20 heavy (non-hydrogen) atoms. The minimum Gasteiger partial charge on any atom is -0.479 e. The number of nitrogens with zero attached hydrogens (tertiary/aromatic N) is 1. The maximum Gasteiger partial charge on any atom is 0.411 e. The summed E-state index contributed by atoms with van der Waals surface area (Å²) in [7, 11) is 0. The van der Waals surface area contributed by atoms with Crippen molar-refractivity contribution in [2.24, 2.45) is 0 Å². The Balaban J connectivity index is 2.26. The van der Waals surface area contributed by atoms with Gasteiger partial charge in [0.15, 0.2) is 6.04 Å². The van der Waals surface area contributed by atoms with Crippen molar-refractivity contribution < 1.29 is 19.4 Å². The maximum absolute atomic E-state index is 12.3. The first-order valence-corrected chi connectivity index (χ1v) is 7.45. The normalized spacial score (nSPS) is 16.6. The first kappa shape index (κ1) is 14.8. The van der Waals surface area contributed by atoms with Crippen LogP contribution < -0.4 is 0 Å². The number of carboxylic acid groups (broad SMARTS) is 1. The van der Waals surface area contributed by atoms with Gasteiger partial charge in [-0.25, -0.2) is 9.59 Å². The number of carbonyl (C=O) groups excluding carboxylic acids is 1. The third-order valence-corrected chi connectivity index (χ3v) is 3.79. The molecular weight excluding hydrogens is 278 g/mol. The molecule has 0 aromatic carbocycles. The van der Waals surface area contributed by atoms with E-state index in [4.69, 9.17) is 4.74 Å². The molecule has 0 aliphatic heterocycles. The molecule has 1 fully saturated rings. The third-order valence-electron chi connectivity index (χ3n) is 2.87. The topological polar surface area (TPSA) is 66.8 Å². The highest BCUT2D eigenvalue weighted by molar-refractivity contribution is 7.10. The Hall–Kier alpha value is -1.56. The summed E-state index contributed by atoms with van der Waals surface area (Å²) in [5.74, 6) is -1.02. The van der Waals surface area contributed by atoms with Gasteiger partial charge in [-0.15, -0.1) is 11.3 Å². The molecule has 1 aliphatic rings. The highest BCUT2D eigenvalue weighted by Gasteiger charge is 2.43. The average Bonchev–Trinajstić information content (AvgIpc) is 2.98. The largest absolute Gasteiger partial charge is 0.479 e. The lowest BCUT2D eigenvalue weighted by Crippen LogP contribution is -2.43. The Bertz CT molecular complexity index is 488. The molecule has 1 aromatic rings. The molecule has 0 spiro atoms. The molecule has 1 N–H and O–H groups in total. The van der Waals surface area contributed by atoms with E-state index < -0.39 is 23.7 Å². The Morgan fingerprint density at radius 1 is 1.45 bits per heavy atom. The maximum atomic E-state index is 12.3. The fraction of sp³-hybridized carbons (Fsp3) is 0.571. The summed E-state index contributed by atoms with van der Waals surface area (Å²) in [6, 6.07) is 2.53. The van der Waals surface area contributed by atoms with Crippen LogP contribution in [0.4, 0.5) is 4.79 Å². The number of hydrogen-bond acceptors (Lipinski definition) is 4. The number of thiophene rings is 1. The number of carbonyl (C=O) groups is 2. The van der Waals surface area contributed by atoms with Crippen LogP contribution in [0.5, 0.6) is 0 Å². The quantitative estimate of drug-likeness (QED) is 0.926. The number of rotatable bonds is 4. The minimum atomic E-state index is -1.02. The lowest BCUT2D eigenvalue weighted by molar-refractivity contribution is -0.143. The van der Waals surface area contributed by atoms with Crippen LogP contribution in [0.3, 0.4) is 0 Å². The highest BCUT2D eigenvalue weighted by Crippen LogP contribution is 2.37. The van der Waals surface area contributed by atoms with E-state index in [9.17, 15) is 14.7 Å². The van der Waals surface area contributed by atoms with Gasteiger partial charge in [-0.2, -0.15) is 0 Å². The molecule has 2 rings (SSSR count). The zero-order chi connectivity index (χ0) is 14.9. The van der Waals surface area contributed by atoms with Crippen molar-refractivity contribution in [1.82, 2.24) is 4.90 Å². The van der Waals surface area contributed by atoms with Crippen molar-refractivity contribution in [2.75, 3.05) is 0 Å². The van der Waals surface area contributed by atoms with Crippen molar-refractivity contribution >= 4 is 23.4 Å². The van der Waals surface area contributed by atoms with E-state index >= 15 is 0 Å². The minimum absolute atomic E-state index is 0.0342. The fourth-order valence-corrected chi connectivity index (χ4v) is 2.77. The molecule has 110 valence electrons. The SMILES string of the molecule is CC(C)(C)OC(=O)N(C1CC1)C(C(=O)O)c1cccs1. The molecule has 1 amide bonds. The van der Waals surface area contributed by atoms with Crippen LogP contribution in [-0.2, 0) is 9.53 Å². The summed E-state index contributed by atoms with van der Waals surface area (Å²) in [4.78, 5) is 25.9. The Morgan fingerprint density at radius 3 is 2.50 bits per heavy atom. The Kier molecular flexibility index (Phi) is 4.04. The van der Waals surface area contributed by atoms with Gasteiger partial charge in [0.25, 0.3) is 0 Å². The van der Waals surface area contributed by atoms with E-state index in [1.807, 2.05) is 5.38 Å². The van der Waals surface area contributed by atoms with Crippen LogP contribution in [0.15, 0.2) is 17.5 Å². The van der Waals surface area contributed by atoms with E-state index in [2.05, 4.69) is 0 Å². The monoisotopic (exact) mass is 297 g/mol. The Morgan fingerprint density at radius 2 is 2.10 bits per heavy atom. The predicted molar refractivity (Wildman–Crippen MR) is 75.8 cm³/mol.